The van der Waals surface area contributed by atoms with Crippen molar-refractivity contribution in [2.75, 3.05) is 18.1 Å². The molecule has 1 aliphatic heterocycles. The molecule has 1 N–H and O–H groups in total. The number of fused-ring (bicyclic) bond motifs is 1. The standard InChI is InChI=1S/C15H21NO/c1-11(10-17)12-5-6-15-13(9-12)7-8-16(15)14-3-2-4-14/h5-6,9,11,14,17H,2-4,7-8,10H2,1H3. The summed E-state index contributed by atoms with van der Waals surface area (Å²) in [6, 6.07) is 7.56. The maximum Gasteiger partial charge on any atom is 0.0497 e. The molecule has 0 amide bonds. The molecule has 2 aliphatic rings. The third kappa shape index (κ3) is 1.85. The van der Waals surface area contributed by atoms with Crippen LogP contribution in [0.15, 0.2) is 18.2 Å². The third-order valence-electron chi connectivity index (χ3n) is 4.39. The Hall–Kier alpha value is -1.02. The summed E-state index contributed by atoms with van der Waals surface area (Å²) in [7, 11) is 0. The van der Waals surface area contributed by atoms with Gasteiger partial charge in [0.2, 0.25) is 0 Å². The number of nitrogens with zero attached hydrogens (tertiary/aromatic N) is 1. The lowest BCUT2D eigenvalue weighted by atomic mass is 9.91. The molecule has 92 valence electrons. The second kappa shape index (κ2) is 4.34. The molecule has 0 spiro atoms. The van der Waals surface area contributed by atoms with Crippen LogP contribution in [0.5, 0.6) is 0 Å². The molecule has 1 atom stereocenters. The number of rotatable bonds is 3. The zero-order valence-corrected chi connectivity index (χ0v) is 10.5. The molecule has 1 unspecified atom stereocenters. The number of benzene rings is 1. The summed E-state index contributed by atoms with van der Waals surface area (Å²) in [5.41, 5.74) is 4.21. The van der Waals surface area contributed by atoms with Crippen LogP contribution in [0.2, 0.25) is 0 Å². The first-order valence-electron chi connectivity index (χ1n) is 6.80. The van der Waals surface area contributed by atoms with E-state index in [2.05, 4.69) is 30.0 Å². The van der Waals surface area contributed by atoms with Crippen molar-refractivity contribution in [1.29, 1.82) is 0 Å². The van der Waals surface area contributed by atoms with E-state index in [4.69, 9.17) is 0 Å². The van der Waals surface area contributed by atoms with Gasteiger partial charge in [0.15, 0.2) is 0 Å². The van der Waals surface area contributed by atoms with Crippen molar-refractivity contribution in [3.8, 4) is 0 Å². The summed E-state index contributed by atoms with van der Waals surface area (Å²) in [6.07, 6.45) is 5.32. The average Bonchev–Trinajstić information content (AvgIpc) is 2.69. The van der Waals surface area contributed by atoms with Crippen molar-refractivity contribution < 1.29 is 5.11 Å². The zero-order chi connectivity index (χ0) is 11.8. The van der Waals surface area contributed by atoms with Gasteiger partial charge in [-0.05, 0) is 42.9 Å². The van der Waals surface area contributed by atoms with Crippen molar-refractivity contribution in [2.45, 2.75) is 44.6 Å². The second-order valence-electron chi connectivity index (χ2n) is 5.50. The van der Waals surface area contributed by atoms with Gasteiger partial charge in [0.1, 0.15) is 0 Å². The van der Waals surface area contributed by atoms with Crippen LogP contribution in [0.25, 0.3) is 0 Å². The summed E-state index contributed by atoms with van der Waals surface area (Å²) in [6.45, 7) is 3.52. The summed E-state index contributed by atoms with van der Waals surface area (Å²) in [5, 5.41) is 9.21. The van der Waals surface area contributed by atoms with E-state index in [1.807, 2.05) is 0 Å². The number of hydrogen-bond donors (Lipinski definition) is 1. The van der Waals surface area contributed by atoms with Gasteiger partial charge in [0.05, 0.1) is 0 Å². The average molecular weight is 231 g/mol. The lowest BCUT2D eigenvalue weighted by molar-refractivity contribution is 0.273. The monoisotopic (exact) mass is 231 g/mol. The number of aliphatic hydroxyl groups is 1. The third-order valence-corrected chi connectivity index (χ3v) is 4.39. The zero-order valence-electron chi connectivity index (χ0n) is 10.5. The van der Waals surface area contributed by atoms with Crippen LogP contribution in [0, 0.1) is 0 Å². The van der Waals surface area contributed by atoms with E-state index in [1.54, 1.807) is 0 Å². The largest absolute Gasteiger partial charge is 0.396 e. The number of hydrogen-bond acceptors (Lipinski definition) is 2. The first-order chi connectivity index (χ1) is 8.29. The van der Waals surface area contributed by atoms with Gasteiger partial charge in [0.25, 0.3) is 0 Å². The van der Waals surface area contributed by atoms with Crippen LogP contribution in [-0.2, 0) is 6.42 Å². The molecule has 2 heteroatoms. The Morgan fingerprint density at radius 3 is 2.88 bits per heavy atom. The van der Waals surface area contributed by atoms with Crippen LogP contribution < -0.4 is 4.90 Å². The SMILES string of the molecule is CC(CO)c1ccc2c(c1)CCN2C1CCC1. The summed E-state index contributed by atoms with van der Waals surface area (Å²) in [4.78, 5) is 2.59. The Kier molecular flexibility index (Phi) is 2.83. The maximum absolute atomic E-state index is 9.21. The Morgan fingerprint density at radius 2 is 2.24 bits per heavy atom. The Balaban J connectivity index is 1.85. The molecule has 1 fully saturated rings. The molecule has 0 bridgehead atoms. The maximum atomic E-state index is 9.21. The quantitative estimate of drug-likeness (QED) is 0.864. The first kappa shape index (κ1) is 11.1. The molecule has 0 saturated heterocycles. The molecule has 0 radical (unpaired) electrons. The lowest BCUT2D eigenvalue weighted by Gasteiger charge is -2.36. The minimum absolute atomic E-state index is 0.241. The molecule has 17 heavy (non-hydrogen) atoms. The molecule has 1 saturated carbocycles. The molecule has 1 aromatic rings. The van der Waals surface area contributed by atoms with E-state index in [0.717, 1.165) is 6.04 Å². The van der Waals surface area contributed by atoms with E-state index >= 15 is 0 Å². The minimum Gasteiger partial charge on any atom is -0.396 e. The van der Waals surface area contributed by atoms with Crippen molar-refractivity contribution in [2.24, 2.45) is 0 Å². The lowest BCUT2D eigenvalue weighted by Crippen LogP contribution is -2.38. The van der Waals surface area contributed by atoms with Gasteiger partial charge in [-0.2, -0.15) is 0 Å². The summed E-state index contributed by atoms with van der Waals surface area (Å²) in [5.74, 6) is 0.262. The fraction of sp³-hybridized carbons (Fsp3) is 0.600. The van der Waals surface area contributed by atoms with Gasteiger partial charge >= 0.3 is 0 Å². The fourth-order valence-electron chi connectivity index (χ4n) is 2.94. The predicted molar refractivity (Wildman–Crippen MR) is 70.6 cm³/mol. The van der Waals surface area contributed by atoms with Crippen LogP contribution in [0.3, 0.4) is 0 Å². The molecule has 1 heterocycles. The highest BCUT2D eigenvalue weighted by molar-refractivity contribution is 5.60. The van der Waals surface area contributed by atoms with E-state index in [1.165, 1.54) is 49.0 Å². The molecular weight excluding hydrogens is 210 g/mol. The van der Waals surface area contributed by atoms with Gasteiger partial charge in [0, 0.05) is 30.8 Å². The second-order valence-corrected chi connectivity index (χ2v) is 5.50. The van der Waals surface area contributed by atoms with Gasteiger partial charge in [-0.15, -0.1) is 0 Å². The molecule has 2 nitrogen and oxygen atoms in total. The highest BCUT2D eigenvalue weighted by Gasteiger charge is 2.30. The van der Waals surface area contributed by atoms with E-state index in [-0.39, 0.29) is 12.5 Å². The first-order valence-corrected chi connectivity index (χ1v) is 6.80. The van der Waals surface area contributed by atoms with Gasteiger partial charge in [-0.1, -0.05) is 19.1 Å². The summed E-state index contributed by atoms with van der Waals surface area (Å²) >= 11 is 0. The highest BCUT2D eigenvalue weighted by Crippen LogP contribution is 2.37. The van der Waals surface area contributed by atoms with Crippen molar-refractivity contribution in [3.05, 3.63) is 29.3 Å². The molecule has 0 aromatic heterocycles. The van der Waals surface area contributed by atoms with Gasteiger partial charge in [-0.25, -0.2) is 0 Å². The molecular formula is C15H21NO. The minimum atomic E-state index is 0.241. The van der Waals surface area contributed by atoms with Gasteiger partial charge in [-0.3, -0.25) is 0 Å². The predicted octanol–water partition coefficient (Wildman–Crippen LogP) is 2.70. The van der Waals surface area contributed by atoms with E-state index in [0.29, 0.717) is 0 Å². The Morgan fingerprint density at radius 1 is 1.41 bits per heavy atom. The molecule has 3 rings (SSSR count). The van der Waals surface area contributed by atoms with Crippen LogP contribution in [0.1, 0.15) is 43.2 Å². The van der Waals surface area contributed by atoms with Crippen molar-refractivity contribution >= 4 is 5.69 Å². The molecule has 1 aromatic carbocycles. The van der Waals surface area contributed by atoms with Crippen LogP contribution in [0.4, 0.5) is 5.69 Å². The Labute approximate surface area is 103 Å². The fourth-order valence-corrected chi connectivity index (χ4v) is 2.94. The smallest absolute Gasteiger partial charge is 0.0497 e. The topological polar surface area (TPSA) is 23.5 Å². The number of anilines is 1. The highest BCUT2D eigenvalue weighted by atomic mass is 16.3. The number of aliphatic hydroxyl groups excluding tert-OH is 1. The van der Waals surface area contributed by atoms with Crippen LogP contribution in [-0.4, -0.2) is 24.3 Å². The van der Waals surface area contributed by atoms with E-state index in [9.17, 15) is 5.11 Å². The summed E-state index contributed by atoms with van der Waals surface area (Å²) < 4.78 is 0. The van der Waals surface area contributed by atoms with E-state index < -0.39 is 0 Å². The molecule has 1 aliphatic carbocycles. The van der Waals surface area contributed by atoms with Crippen molar-refractivity contribution in [1.82, 2.24) is 0 Å². The van der Waals surface area contributed by atoms with Crippen molar-refractivity contribution in [3.63, 3.8) is 0 Å². The van der Waals surface area contributed by atoms with Gasteiger partial charge < -0.3 is 10.0 Å². The van der Waals surface area contributed by atoms with Crippen LogP contribution >= 0.6 is 0 Å². The normalized spacial score (nSPS) is 21.2. The Bertz CT molecular complexity index is 411.